The summed E-state index contributed by atoms with van der Waals surface area (Å²) >= 11 is 1.04. The van der Waals surface area contributed by atoms with Crippen molar-refractivity contribution in [1.29, 1.82) is 0 Å². The van der Waals surface area contributed by atoms with Gasteiger partial charge in [-0.3, -0.25) is 0 Å². The maximum absolute atomic E-state index is 1.56. The van der Waals surface area contributed by atoms with Gasteiger partial charge in [-0.25, -0.2) is 0 Å². The Labute approximate surface area is 68.9 Å². The normalized spacial score (nSPS) is 21.0. The zero-order chi connectivity index (χ0) is 4.95. The molecule has 0 bridgehead atoms. The Kier molecular flexibility index (Phi) is 7.01. The summed E-state index contributed by atoms with van der Waals surface area (Å²) < 4.78 is 0. The van der Waals surface area contributed by atoms with Crippen LogP contribution in [0.25, 0.3) is 0 Å². The summed E-state index contributed by atoms with van der Waals surface area (Å²) in [6.07, 6.45) is 6.09. The fourth-order valence-electron chi connectivity index (χ4n) is 0.864. The summed E-state index contributed by atoms with van der Waals surface area (Å²) in [7, 11) is 0. The molecule has 0 amide bonds. The second kappa shape index (κ2) is 6.19. The third kappa shape index (κ3) is 4.00. The van der Waals surface area contributed by atoms with Crippen LogP contribution in [0.3, 0.4) is 0 Å². The summed E-state index contributed by atoms with van der Waals surface area (Å²) in [6, 6.07) is 0. The Morgan fingerprint density at radius 2 is 1.25 bits per heavy atom. The van der Waals surface area contributed by atoms with E-state index in [1.165, 1.54) is 25.7 Å². The fourth-order valence-corrected chi connectivity index (χ4v) is 2.46. The summed E-state index contributed by atoms with van der Waals surface area (Å²) in [4.78, 5) is 0. The van der Waals surface area contributed by atoms with E-state index in [1.54, 1.807) is 10.6 Å². The SMILES string of the molecule is C1CC[CH2][Cr][CH2]C1.[Cr]. The van der Waals surface area contributed by atoms with Crippen molar-refractivity contribution < 1.29 is 32.6 Å². The van der Waals surface area contributed by atoms with Crippen molar-refractivity contribution in [1.82, 2.24) is 0 Å². The van der Waals surface area contributed by atoms with Crippen molar-refractivity contribution in [2.45, 2.75) is 36.2 Å². The van der Waals surface area contributed by atoms with Gasteiger partial charge in [0.1, 0.15) is 0 Å². The Morgan fingerprint density at radius 1 is 0.750 bits per heavy atom. The zero-order valence-corrected chi connectivity index (χ0v) is 7.61. The van der Waals surface area contributed by atoms with Crippen molar-refractivity contribution in [3.8, 4) is 0 Å². The quantitative estimate of drug-likeness (QED) is 0.547. The average molecular weight is 188 g/mol. The topological polar surface area (TPSA) is 0 Å². The van der Waals surface area contributed by atoms with Crippen LogP contribution in [0.15, 0.2) is 0 Å². The molecule has 1 aliphatic heterocycles. The monoisotopic (exact) mass is 188 g/mol. The van der Waals surface area contributed by atoms with Gasteiger partial charge in [0, 0.05) is 17.4 Å². The third-order valence-electron chi connectivity index (χ3n) is 1.33. The van der Waals surface area contributed by atoms with Crippen LogP contribution in [-0.4, -0.2) is 0 Å². The molecule has 1 rings (SSSR count). The summed E-state index contributed by atoms with van der Waals surface area (Å²) in [5.41, 5.74) is 0. The Bertz CT molecular complexity index is 26.1. The Hall–Kier alpha value is 1.06. The molecule has 0 spiro atoms. The molecule has 0 aliphatic carbocycles. The van der Waals surface area contributed by atoms with Gasteiger partial charge in [-0.05, 0) is 0 Å². The average Bonchev–Trinajstić information content (AvgIpc) is 1.90. The van der Waals surface area contributed by atoms with Crippen LogP contribution < -0.4 is 0 Å². The first-order chi connectivity index (χ1) is 3.50. The molecule has 0 N–H and O–H groups in total. The Morgan fingerprint density at radius 3 is 1.75 bits per heavy atom. The molecule has 0 atom stereocenters. The maximum Gasteiger partial charge on any atom is 0 e. The molecule has 0 aromatic carbocycles. The van der Waals surface area contributed by atoms with Crippen LogP contribution in [0.1, 0.15) is 25.7 Å². The van der Waals surface area contributed by atoms with E-state index < -0.39 is 0 Å². The summed E-state index contributed by atoms with van der Waals surface area (Å²) in [5, 5.41) is 3.12. The molecular formula is C6H12Cr2. The molecule has 1 saturated heterocycles. The van der Waals surface area contributed by atoms with E-state index in [2.05, 4.69) is 0 Å². The van der Waals surface area contributed by atoms with Crippen molar-refractivity contribution >= 4 is 0 Å². The van der Waals surface area contributed by atoms with Crippen molar-refractivity contribution in [2.24, 2.45) is 0 Å². The van der Waals surface area contributed by atoms with Crippen molar-refractivity contribution in [3.63, 3.8) is 0 Å². The molecule has 8 heavy (non-hydrogen) atoms. The van der Waals surface area contributed by atoms with E-state index in [0.717, 1.165) is 15.2 Å². The third-order valence-corrected chi connectivity index (χ3v) is 3.13. The molecule has 0 unspecified atom stereocenters. The second-order valence-corrected chi connectivity index (χ2v) is 3.94. The minimum Gasteiger partial charge on any atom is 0 e. The first kappa shape index (κ1) is 9.06. The molecular weight excluding hydrogens is 176 g/mol. The predicted octanol–water partition coefficient (Wildman–Crippen LogP) is 2.48. The molecule has 0 saturated carbocycles. The van der Waals surface area contributed by atoms with E-state index in [-0.39, 0.29) is 17.4 Å². The van der Waals surface area contributed by atoms with E-state index in [9.17, 15) is 0 Å². The molecule has 48 valence electrons. The number of hydrogen-bond donors (Lipinski definition) is 0. The minimum atomic E-state index is 0. The number of hydrogen-bond acceptors (Lipinski definition) is 0. The maximum atomic E-state index is 1.56. The van der Waals surface area contributed by atoms with Gasteiger partial charge in [0.05, 0.1) is 0 Å². The second-order valence-electron chi connectivity index (χ2n) is 2.03. The van der Waals surface area contributed by atoms with Gasteiger partial charge < -0.3 is 0 Å². The van der Waals surface area contributed by atoms with Crippen molar-refractivity contribution in [3.05, 3.63) is 0 Å². The first-order valence-corrected chi connectivity index (χ1v) is 4.88. The van der Waals surface area contributed by atoms with E-state index in [1.807, 2.05) is 0 Å². The van der Waals surface area contributed by atoms with Gasteiger partial charge in [0.2, 0.25) is 0 Å². The molecule has 0 radical (unpaired) electrons. The standard InChI is InChI=1S/C6H12.2Cr/c1-3-5-6-4-2;;/h1-6H2;;. The van der Waals surface area contributed by atoms with Gasteiger partial charge in [-0.2, -0.15) is 0 Å². The van der Waals surface area contributed by atoms with Crippen molar-refractivity contribution in [2.75, 3.05) is 0 Å². The zero-order valence-electron chi connectivity index (χ0n) is 5.06. The molecule has 0 aromatic rings. The van der Waals surface area contributed by atoms with Gasteiger partial charge in [0.15, 0.2) is 0 Å². The first-order valence-electron chi connectivity index (χ1n) is 3.08. The number of rotatable bonds is 0. The molecule has 2 heteroatoms. The van der Waals surface area contributed by atoms with Gasteiger partial charge in [-0.15, -0.1) is 0 Å². The minimum absolute atomic E-state index is 0. The van der Waals surface area contributed by atoms with E-state index in [4.69, 9.17) is 0 Å². The smallest absolute Gasteiger partial charge is 0 e. The van der Waals surface area contributed by atoms with E-state index in [0.29, 0.717) is 0 Å². The molecule has 0 nitrogen and oxygen atoms in total. The Balaban J connectivity index is 0.000000490. The van der Waals surface area contributed by atoms with Crippen LogP contribution in [0.5, 0.6) is 0 Å². The molecule has 0 aromatic heterocycles. The van der Waals surface area contributed by atoms with Crippen LogP contribution >= 0.6 is 0 Å². The summed E-state index contributed by atoms with van der Waals surface area (Å²) in [5.74, 6) is 0. The molecule has 1 heterocycles. The summed E-state index contributed by atoms with van der Waals surface area (Å²) in [6.45, 7) is 0. The largest absolute Gasteiger partial charge is 0 e. The van der Waals surface area contributed by atoms with Gasteiger partial charge in [0.25, 0.3) is 0 Å². The van der Waals surface area contributed by atoms with Crippen LogP contribution in [0.2, 0.25) is 10.6 Å². The predicted molar refractivity (Wildman–Crippen MR) is 28.1 cm³/mol. The molecule has 1 fully saturated rings. The van der Waals surface area contributed by atoms with Crippen LogP contribution in [0.4, 0.5) is 0 Å². The van der Waals surface area contributed by atoms with Gasteiger partial charge in [-0.1, -0.05) is 0 Å². The van der Waals surface area contributed by atoms with E-state index >= 15 is 0 Å². The van der Waals surface area contributed by atoms with Crippen LogP contribution in [-0.2, 0) is 32.6 Å². The molecule has 1 aliphatic rings. The van der Waals surface area contributed by atoms with Crippen LogP contribution in [0, 0.1) is 0 Å². The fraction of sp³-hybridized carbons (Fsp3) is 1.00. The van der Waals surface area contributed by atoms with Gasteiger partial charge >= 0.3 is 51.5 Å².